The summed E-state index contributed by atoms with van der Waals surface area (Å²) in [6, 6.07) is 8.41. The Morgan fingerprint density at radius 1 is 1.11 bits per heavy atom. The monoisotopic (exact) mass is 262 g/mol. The Morgan fingerprint density at radius 2 is 1.68 bits per heavy atom. The summed E-state index contributed by atoms with van der Waals surface area (Å²) in [6.45, 7) is 11.3. The summed E-state index contributed by atoms with van der Waals surface area (Å²) in [7, 11) is 0. The predicted molar refractivity (Wildman–Crippen MR) is 78.3 cm³/mol. The first-order valence-electron chi connectivity index (χ1n) is 7.10. The molecule has 1 saturated heterocycles. The molecule has 0 spiro atoms. The SMILES string of the molecule is CC1(C)CC(O)(c2ccc(C(C)(C)C)cc2)CCO1. The van der Waals surface area contributed by atoms with E-state index in [1.807, 2.05) is 13.8 Å². The van der Waals surface area contributed by atoms with E-state index in [4.69, 9.17) is 4.74 Å². The third-order valence-corrected chi connectivity index (χ3v) is 4.01. The summed E-state index contributed by atoms with van der Waals surface area (Å²) in [5.74, 6) is 0. The van der Waals surface area contributed by atoms with Gasteiger partial charge in [0, 0.05) is 12.8 Å². The van der Waals surface area contributed by atoms with Gasteiger partial charge in [-0.15, -0.1) is 0 Å². The van der Waals surface area contributed by atoms with Crippen LogP contribution in [0.1, 0.15) is 58.6 Å². The highest BCUT2D eigenvalue weighted by Gasteiger charge is 2.40. The molecule has 2 rings (SSSR count). The highest BCUT2D eigenvalue weighted by Crippen LogP contribution is 2.39. The number of hydrogen-bond donors (Lipinski definition) is 1. The average Bonchev–Trinajstić information content (AvgIpc) is 2.26. The molecule has 2 heteroatoms. The molecule has 1 N–H and O–H groups in total. The Hall–Kier alpha value is -0.860. The topological polar surface area (TPSA) is 29.5 Å². The van der Waals surface area contributed by atoms with Crippen molar-refractivity contribution in [3.63, 3.8) is 0 Å². The number of hydrogen-bond acceptors (Lipinski definition) is 2. The van der Waals surface area contributed by atoms with Crippen LogP contribution >= 0.6 is 0 Å². The van der Waals surface area contributed by atoms with Gasteiger partial charge in [0.2, 0.25) is 0 Å². The molecule has 1 aromatic carbocycles. The molecule has 2 nitrogen and oxygen atoms in total. The molecule has 1 aromatic rings. The van der Waals surface area contributed by atoms with Crippen molar-refractivity contribution in [2.75, 3.05) is 6.61 Å². The molecule has 19 heavy (non-hydrogen) atoms. The van der Waals surface area contributed by atoms with Crippen LogP contribution in [0.3, 0.4) is 0 Å². The van der Waals surface area contributed by atoms with E-state index in [-0.39, 0.29) is 11.0 Å². The van der Waals surface area contributed by atoms with E-state index in [0.29, 0.717) is 19.4 Å². The van der Waals surface area contributed by atoms with E-state index >= 15 is 0 Å². The molecule has 1 aliphatic rings. The molecule has 1 aliphatic heterocycles. The highest BCUT2D eigenvalue weighted by molar-refractivity contribution is 5.31. The molecule has 0 bridgehead atoms. The van der Waals surface area contributed by atoms with Gasteiger partial charge in [-0.1, -0.05) is 45.0 Å². The molecule has 1 heterocycles. The van der Waals surface area contributed by atoms with Crippen LogP contribution in [-0.2, 0) is 15.8 Å². The van der Waals surface area contributed by atoms with E-state index in [1.54, 1.807) is 0 Å². The molecule has 0 amide bonds. The number of benzene rings is 1. The third kappa shape index (κ3) is 3.18. The van der Waals surface area contributed by atoms with Crippen molar-refractivity contribution in [3.8, 4) is 0 Å². The van der Waals surface area contributed by atoms with Crippen molar-refractivity contribution >= 4 is 0 Å². The van der Waals surface area contributed by atoms with E-state index in [1.165, 1.54) is 5.56 Å². The van der Waals surface area contributed by atoms with Gasteiger partial charge in [-0.3, -0.25) is 0 Å². The summed E-state index contributed by atoms with van der Waals surface area (Å²) >= 11 is 0. The van der Waals surface area contributed by atoms with Crippen LogP contribution in [0.25, 0.3) is 0 Å². The maximum absolute atomic E-state index is 10.9. The normalized spacial score (nSPS) is 27.3. The quantitative estimate of drug-likeness (QED) is 0.835. The van der Waals surface area contributed by atoms with Gasteiger partial charge < -0.3 is 9.84 Å². The van der Waals surface area contributed by atoms with Crippen LogP contribution in [0.5, 0.6) is 0 Å². The first kappa shape index (κ1) is 14.5. The van der Waals surface area contributed by atoms with E-state index < -0.39 is 5.60 Å². The fourth-order valence-electron chi connectivity index (χ4n) is 2.87. The van der Waals surface area contributed by atoms with Crippen molar-refractivity contribution in [1.29, 1.82) is 0 Å². The summed E-state index contributed by atoms with van der Waals surface area (Å²) in [5.41, 5.74) is 1.45. The van der Waals surface area contributed by atoms with Crippen molar-refractivity contribution in [2.24, 2.45) is 0 Å². The molecular formula is C17H26O2. The fraction of sp³-hybridized carbons (Fsp3) is 0.647. The lowest BCUT2D eigenvalue weighted by molar-refractivity contribution is -0.148. The Morgan fingerprint density at radius 3 is 2.16 bits per heavy atom. The van der Waals surface area contributed by atoms with Crippen LogP contribution in [0.15, 0.2) is 24.3 Å². The lowest BCUT2D eigenvalue weighted by Crippen LogP contribution is -2.43. The van der Waals surface area contributed by atoms with Crippen LogP contribution in [0, 0.1) is 0 Å². The zero-order valence-electron chi connectivity index (χ0n) is 12.8. The summed E-state index contributed by atoms with van der Waals surface area (Å²) in [4.78, 5) is 0. The molecule has 1 atom stereocenters. The smallest absolute Gasteiger partial charge is 0.0945 e. The molecule has 0 radical (unpaired) electrons. The van der Waals surface area contributed by atoms with E-state index in [2.05, 4.69) is 45.0 Å². The lowest BCUT2D eigenvalue weighted by atomic mass is 9.78. The van der Waals surface area contributed by atoms with Gasteiger partial charge in [0.05, 0.1) is 17.8 Å². The minimum atomic E-state index is -0.752. The largest absolute Gasteiger partial charge is 0.385 e. The fourth-order valence-corrected chi connectivity index (χ4v) is 2.87. The second-order valence-corrected chi connectivity index (χ2v) is 7.39. The minimum Gasteiger partial charge on any atom is -0.385 e. The molecule has 0 aliphatic carbocycles. The Labute approximate surface area is 116 Å². The minimum absolute atomic E-state index is 0.149. The van der Waals surface area contributed by atoms with Crippen molar-refractivity contribution in [3.05, 3.63) is 35.4 Å². The van der Waals surface area contributed by atoms with Gasteiger partial charge in [-0.05, 0) is 30.4 Å². The maximum atomic E-state index is 10.9. The van der Waals surface area contributed by atoms with E-state index in [0.717, 1.165) is 5.56 Å². The second-order valence-electron chi connectivity index (χ2n) is 7.39. The van der Waals surface area contributed by atoms with E-state index in [9.17, 15) is 5.11 Å². The molecule has 0 saturated carbocycles. The second kappa shape index (κ2) is 4.60. The first-order valence-corrected chi connectivity index (χ1v) is 7.10. The Balaban J connectivity index is 2.26. The molecule has 106 valence electrons. The van der Waals surface area contributed by atoms with Crippen LogP contribution < -0.4 is 0 Å². The maximum Gasteiger partial charge on any atom is 0.0945 e. The van der Waals surface area contributed by atoms with Crippen LogP contribution in [0.4, 0.5) is 0 Å². The molecular weight excluding hydrogens is 236 g/mol. The van der Waals surface area contributed by atoms with Gasteiger partial charge in [-0.25, -0.2) is 0 Å². The zero-order chi connectivity index (χ0) is 14.3. The highest BCUT2D eigenvalue weighted by atomic mass is 16.5. The van der Waals surface area contributed by atoms with Gasteiger partial charge >= 0.3 is 0 Å². The van der Waals surface area contributed by atoms with Crippen LogP contribution in [-0.4, -0.2) is 17.3 Å². The predicted octanol–water partition coefficient (Wildman–Crippen LogP) is 3.76. The Bertz CT molecular complexity index is 439. The number of aliphatic hydroxyl groups is 1. The Kier molecular flexibility index (Phi) is 3.53. The van der Waals surface area contributed by atoms with Crippen LogP contribution in [0.2, 0.25) is 0 Å². The molecule has 1 fully saturated rings. The van der Waals surface area contributed by atoms with Crippen molar-refractivity contribution in [1.82, 2.24) is 0 Å². The summed E-state index contributed by atoms with van der Waals surface area (Å²) < 4.78 is 5.70. The van der Waals surface area contributed by atoms with Gasteiger partial charge in [-0.2, -0.15) is 0 Å². The summed E-state index contributed by atoms with van der Waals surface area (Å²) in [6.07, 6.45) is 1.32. The summed E-state index contributed by atoms with van der Waals surface area (Å²) in [5, 5.41) is 10.9. The van der Waals surface area contributed by atoms with Gasteiger partial charge in [0.25, 0.3) is 0 Å². The molecule has 0 aromatic heterocycles. The number of rotatable bonds is 1. The van der Waals surface area contributed by atoms with Crippen molar-refractivity contribution in [2.45, 2.75) is 64.1 Å². The standard InChI is InChI=1S/C17H26O2/c1-15(2,3)13-6-8-14(9-7-13)17(18)10-11-19-16(4,5)12-17/h6-9,18H,10-12H2,1-5H3. The van der Waals surface area contributed by atoms with Gasteiger partial charge in [0.1, 0.15) is 0 Å². The average molecular weight is 262 g/mol. The third-order valence-electron chi connectivity index (χ3n) is 4.01. The zero-order valence-corrected chi connectivity index (χ0v) is 12.8. The van der Waals surface area contributed by atoms with Gasteiger partial charge in [0.15, 0.2) is 0 Å². The lowest BCUT2D eigenvalue weighted by Gasteiger charge is -2.42. The first-order chi connectivity index (χ1) is 8.62. The van der Waals surface area contributed by atoms with Crippen molar-refractivity contribution < 1.29 is 9.84 Å². The number of ether oxygens (including phenoxy) is 1. The molecule has 1 unspecified atom stereocenters.